The molecule has 0 fully saturated rings. The van der Waals surface area contributed by atoms with E-state index in [4.69, 9.17) is 14.2 Å². The van der Waals surface area contributed by atoms with Crippen molar-refractivity contribution in [1.82, 2.24) is 0 Å². The molecule has 5 nitrogen and oxygen atoms in total. The van der Waals surface area contributed by atoms with Gasteiger partial charge in [-0.05, 0) is 72.6 Å². The van der Waals surface area contributed by atoms with Crippen LogP contribution < -0.4 is 19.1 Å². The molecular formula is C32H35NO4S. The van der Waals surface area contributed by atoms with E-state index in [2.05, 4.69) is 48.2 Å². The first-order valence-corrected chi connectivity index (χ1v) is 14.4. The van der Waals surface area contributed by atoms with E-state index in [1.54, 1.807) is 23.5 Å². The SMILES string of the molecule is CCCCCCCCOc1ccc(N(c2ccc(O)cc2)c2ccc(-c3scc4c3OCCO4)cc2)cc1. The van der Waals surface area contributed by atoms with E-state index >= 15 is 0 Å². The molecule has 6 heteroatoms. The highest BCUT2D eigenvalue weighted by molar-refractivity contribution is 7.14. The van der Waals surface area contributed by atoms with Crippen molar-refractivity contribution in [2.45, 2.75) is 45.4 Å². The lowest BCUT2D eigenvalue weighted by Gasteiger charge is -2.26. The van der Waals surface area contributed by atoms with Crippen LogP contribution in [0.4, 0.5) is 17.1 Å². The zero-order valence-electron chi connectivity index (χ0n) is 21.9. The van der Waals surface area contributed by atoms with Crippen LogP contribution in [0.25, 0.3) is 10.4 Å². The van der Waals surface area contributed by atoms with Crippen molar-refractivity contribution in [3.8, 4) is 33.4 Å². The minimum absolute atomic E-state index is 0.243. The van der Waals surface area contributed by atoms with Gasteiger partial charge in [0.15, 0.2) is 11.5 Å². The molecule has 0 unspecified atom stereocenters. The number of fused-ring (bicyclic) bond motifs is 1. The summed E-state index contributed by atoms with van der Waals surface area (Å²) in [5.41, 5.74) is 4.08. The molecule has 0 amide bonds. The van der Waals surface area contributed by atoms with Crippen molar-refractivity contribution >= 4 is 28.4 Å². The summed E-state index contributed by atoms with van der Waals surface area (Å²) in [6.45, 7) is 4.15. The summed E-state index contributed by atoms with van der Waals surface area (Å²) in [6, 6.07) is 24.0. The number of nitrogens with zero attached hydrogens (tertiary/aromatic N) is 1. The summed E-state index contributed by atoms with van der Waals surface area (Å²) in [6.07, 6.45) is 7.50. The predicted octanol–water partition coefficient (Wildman–Crippen LogP) is 9.10. The van der Waals surface area contributed by atoms with E-state index in [-0.39, 0.29) is 5.75 Å². The smallest absolute Gasteiger partial charge is 0.179 e. The molecule has 0 bridgehead atoms. The molecule has 3 aromatic carbocycles. The zero-order valence-corrected chi connectivity index (χ0v) is 22.7. The normalized spacial score (nSPS) is 12.3. The van der Waals surface area contributed by atoms with Gasteiger partial charge in [-0.2, -0.15) is 0 Å². The number of rotatable bonds is 12. The molecule has 0 spiro atoms. The van der Waals surface area contributed by atoms with Gasteiger partial charge in [-0.3, -0.25) is 0 Å². The molecule has 0 atom stereocenters. The molecule has 1 aliphatic heterocycles. The van der Waals surface area contributed by atoms with Crippen LogP contribution in [0.1, 0.15) is 45.4 Å². The lowest BCUT2D eigenvalue weighted by Crippen LogP contribution is -2.14. The topological polar surface area (TPSA) is 51.2 Å². The van der Waals surface area contributed by atoms with Crippen molar-refractivity contribution in [2.24, 2.45) is 0 Å². The molecule has 1 N–H and O–H groups in total. The Morgan fingerprint density at radius 1 is 0.763 bits per heavy atom. The molecule has 0 radical (unpaired) electrons. The number of thiophene rings is 1. The summed E-state index contributed by atoms with van der Waals surface area (Å²) in [4.78, 5) is 3.25. The number of phenols is 1. The number of anilines is 3. The molecule has 38 heavy (non-hydrogen) atoms. The number of ether oxygens (including phenoxy) is 3. The van der Waals surface area contributed by atoms with Gasteiger partial charge >= 0.3 is 0 Å². The van der Waals surface area contributed by atoms with Gasteiger partial charge in [-0.1, -0.05) is 51.2 Å². The van der Waals surface area contributed by atoms with E-state index < -0.39 is 0 Å². The maximum Gasteiger partial charge on any atom is 0.179 e. The van der Waals surface area contributed by atoms with Gasteiger partial charge in [0.25, 0.3) is 0 Å². The molecule has 1 aliphatic rings. The quantitative estimate of drug-likeness (QED) is 0.185. The van der Waals surface area contributed by atoms with Gasteiger partial charge in [0.1, 0.15) is 24.7 Å². The highest BCUT2D eigenvalue weighted by Gasteiger charge is 2.20. The van der Waals surface area contributed by atoms with E-state index in [0.29, 0.717) is 13.2 Å². The van der Waals surface area contributed by atoms with E-state index in [0.717, 1.165) is 57.8 Å². The summed E-state index contributed by atoms with van der Waals surface area (Å²) in [7, 11) is 0. The zero-order chi connectivity index (χ0) is 26.2. The van der Waals surface area contributed by atoms with Crippen LogP contribution in [0.5, 0.6) is 23.0 Å². The van der Waals surface area contributed by atoms with Crippen molar-refractivity contribution in [1.29, 1.82) is 0 Å². The van der Waals surface area contributed by atoms with Gasteiger partial charge in [-0.15, -0.1) is 11.3 Å². The second-order valence-electron chi connectivity index (χ2n) is 9.46. The number of phenolic OH excluding ortho intramolecular Hbond substituents is 1. The molecule has 0 saturated heterocycles. The van der Waals surface area contributed by atoms with Crippen LogP contribution >= 0.6 is 11.3 Å². The molecule has 0 aliphatic carbocycles. The maximum atomic E-state index is 9.86. The van der Waals surface area contributed by atoms with Crippen LogP contribution in [-0.2, 0) is 0 Å². The Labute approximate surface area is 229 Å². The molecule has 2 heterocycles. The molecule has 0 saturated carbocycles. The standard InChI is InChI=1S/C32H35NO4S/c1-2-3-4-5-6-7-20-35-29-18-14-27(15-19-29)33(26-12-16-28(34)17-13-26)25-10-8-24(9-11-25)32-31-30(23-38-32)36-21-22-37-31/h8-19,23,34H,2-7,20-22H2,1H3. The first kappa shape index (κ1) is 26.0. The molecule has 198 valence electrons. The van der Waals surface area contributed by atoms with Crippen molar-refractivity contribution < 1.29 is 19.3 Å². The van der Waals surface area contributed by atoms with Crippen LogP contribution in [0.2, 0.25) is 0 Å². The predicted molar refractivity (Wildman–Crippen MR) is 156 cm³/mol. The Morgan fingerprint density at radius 3 is 2.08 bits per heavy atom. The largest absolute Gasteiger partial charge is 0.508 e. The average Bonchev–Trinajstić information content (AvgIpc) is 3.39. The van der Waals surface area contributed by atoms with Gasteiger partial charge in [-0.25, -0.2) is 0 Å². The fourth-order valence-corrected chi connectivity index (χ4v) is 5.58. The molecule has 1 aromatic heterocycles. The summed E-state index contributed by atoms with van der Waals surface area (Å²) >= 11 is 1.64. The van der Waals surface area contributed by atoms with Crippen molar-refractivity contribution in [3.05, 3.63) is 78.2 Å². The number of unbranched alkanes of at least 4 members (excludes halogenated alkanes) is 5. The van der Waals surface area contributed by atoms with Crippen LogP contribution in [0.15, 0.2) is 78.2 Å². The molecule has 5 rings (SSSR count). The third-order valence-electron chi connectivity index (χ3n) is 6.66. The van der Waals surface area contributed by atoms with Crippen LogP contribution in [0.3, 0.4) is 0 Å². The molecule has 4 aromatic rings. The second kappa shape index (κ2) is 12.7. The monoisotopic (exact) mass is 529 g/mol. The Morgan fingerprint density at radius 2 is 1.37 bits per heavy atom. The van der Waals surface area contributed by atoms with Gasteiger partial charge < -0.3 is 24.2 Å². The summed E-state index contributed by atoms with van der Waals surface area (Å²) < 4.78 is 17.6. The number of hydrogen-bond donors (Lipinski definition) is 1. The van der Waals surface area contributed by atoms with Crippen LogP contribution in [-0.4, -0.2) is 24.9 Å². The third kappa shape index (κ3) is 6.25. The maximum absolute atomic E-state index is 9.86. The van der Waals surface area contributed by atoms with Gasteiger partial charge in [0.2, 0.25) is 0 Å². The second-order valence-corrected chi connectivity index (χ2v) is 10.3. The highest BCUT2D eigenvalue weighted by Crippen LogP contribution is 2.46. The summed E-state index contributed by atoms with van der Waals surface area (Å²) in [5.74, 6) is 2.78. The average molecular weight is 530 g/mol. The van der Waals surface area contributed by atoms with E-state index in [1.165, 1.54) is 32.1 Å². The first-order valence-electron chi connectivity index (χ1n) is 13.5. The Hall–Kier alpha value is -3.64. The minimum atomic E-state index is 0.243. The van der Waals surface area contributed by atoms with Crippen molar-refractivity contribution in [2.75, 3.05) is 24.7 Å². The Balaban J connectivity index is 1.32. The van der Waals surface area contributed by atoms with Crippen LogP contribution in [0, 0.1) is 0 Å². The lowest BCUT2D eigenvalue weighted by atomic mass is 10.1. The van der Waals surface area contributed by atoms with E-state index in [1.807, 2.05) is 29.6 Å². The third-order valence-corrected chi connectivity index (χ3v) is 7.65. The molecular weight excluding hydrogens is 494 g/mol. The Bertz CT molecular complexity index is 1280. The van der Waals surface area contributed by atoms with Gasteiger partial charge in [0, 0.05) is 22.4 Å². The van der Waals surface area contributed by atoms with E-state index in [9.17, 15) is 5.11 Å². The first-order chi connectivity index (χ1) is 18.7. The van der Waals surface area contributed by atoms with Gasteiger partial charge in [0.05, 0.1) is 11.5 Å². The number of hydrogen-bond acceptors (Lipinski definition) is 6. The number of aromatic hydroxyl groups is 1. The summed E-state index contributed by atoms with van der Waals surface area (Å²) in [5, 5.41) is 11.9. The highest BCUT2D eigenvalue weighted by atomic mass is 32.1. The fourth-order valence-electron chi connectivity index (χ4n) is 4.64. The fraction of sp³-hybridized carbons (Fsp3) is 0.312. The number of benzene rings is 3. The minimum Gasteiger partial charge on any atom is -0.508 e. The lowest BCUT2D eigenvalue weighted by molar-refractivity contribution is 0.174. The Kier molecular flexibility index (Phi) is 8.71. The van der Waals surface area contributed by atoms with Crippen molar-refractivity contribution in [3.63, 3.8) is 0 Å².